The average molecular weight is 268 g/mol. The predicted molar refractivity (Wildman–Crippen MR) is 78.0 cm³/mol. The van der Waals surface area contributed by atoms with Crippen LogP contribution in [0.15, 0.2) is 59.5 Å². The van der Waals surface area contributed by atoms with Crippen LogP contribution in [0.5, 0.6) is 0 Å². The number of nitrogens with zero attached hydrogens (tertiary/aromatic N) is 1. The monoisotopic (exact) mass is 268 g/mol. The van der Waals surface area contributed by atoms with Crippen molar-refractivity contribution in [1.82, 2.24) is 0 Å². The molecule has 2 nitrogen and oxygen atoms in total. The lowest BCUT2D eigenvalue weighted by molar-refractivity contribution is -0.401. The molecule has 1 heterocycles. The molecule has 0 unspecified atom stereocenters. The molecule has 94 valence electrons. The van der Waals surface area contributed by atoms with Gasteiger partial charge in [0.15, 0.2) is 5.71 Å². The van der Waals surface area contributed by atoms with E-state index in [-0.39, 0.29) is 5.91 Å². The Morgan fingerprint density at radius 2 is 1.58 bits per heavy atom. The van der Waals surface area contributed by atoms with E-state index in [1.165, 1.54) is 4.90 Å². The fourth-order valence-electron chi connectivity index (χ4n) is 2.24. The molecule has 0 aliphatic carbocycles. The Bertz CT molecular complexity index is 661. The van der Waals surface area contributed by atoms with Gasteiger partial charge in [-0.25, -0.2) is 4.79 Å². The fraction of sp³-hybridized carbons (Fsp3) is 0.125. The van der Waals surface area contributed by atoms with E-state index >= 15 is 0 Å². The number of amides is 1. The van der Waals surface area contributed by atoms with Crippen LogP contribution in [0.2, 0.25) is 0 Å². The van der Waals surface area contributed by atoms with Crippen molar-refractivity contribution in [2.75, 3.05) is 5.88 Å². The molecular weight excluding hydrogens is 254 g/mol. The highest BCUT2D eigenvalue weighted by Gasteiger charge is 2.34. The van der Waals surface area contributed by atoms with Gasteiger partial charge in [-0.15, -0.1) is 0 Å². The number of fused-ring (bicyclic) bond motifs is 1. The molecule has 0 fully saturated rings. The van der Waals surface area contributed by atoms with Gasteiger partial charge in [0.25, 0.3) is 0 Å². The van der Waals surface area contributed by atoms with E-state index in [2.05, 4.69) is 12.1 Å². The molecule has 0 saturated carbocycles. The molecule has 0 spiro atoms. The average Bonchev–Trinajstić information content (AvgIpc) is 2.71. The fourth-order valence-corrected chi connectivity index (χ4v) is 3.18. The first-order valence-electron chi connectivity index (χ1n) is 6.20. The summed E-state index contributed by atoms with van der Waals surface area (Å²) in [5.74, 6) is 0.764. The van der Waals surface area contributed by atoms with E-state index in [0.717, 1.165) is 16.8 Å². The van der Waals surface area contributed by atoms with E-state index in [1.54, 1.807) is 11.8 Å². The molecule has 0 aromatic heterocycles. The lowest BCUT2D eigenvalue weighted by atomic mass is 10.1. The quantitative estimate of drug-likeness (QED) is 0.628. The Morgan fingerprint density at radius 1 is 0.947 bits per heavy atom. The highest BCUT2D eigenvalue weighted by molar-refractivity contribution is 7.99. The Morgan fingerprint density at radius 3 is 2.26 bits per heavy atom. The molecule has 2 aromatic rings. The van der Waals surface area contributed by atoms with E-state index < -0.39 is 0 Å². The third-order valence-corrected chi connectivity index (χ3v) is 4.29. The lowest BCUT2D eigenvalue weighted by Crippen LogP contribution is -2.19. The first-order chi connectivity index (χ1) is 9.27. The third kappa shape index (κ3) is 2.22. The zero-order valence-corrected chi connectivity index (χ0v) is 11.5. The topological polar surface area (TPSA) is 20.1 Å². The van der Waals surface area contributed by atoms with Gasteiger partial charge in [-0.3, -0.25) is 0 Å². The van der Waals surface area contributed by atoms with Gasteiger partial charge >= 0.3 is 5.91 Å². The SMILES string of the molecule is CC1=[N+](CSc2ccccc2)C(=O)c2ccccc21. The smallest absolute Gasteiger partial charge is 0.214 e. The molecule has 0 saturated heterocycles. The zero-order chi connectivity index (χ0) is 13.2. The van der Waals surface area contributed by atoms with Crippen LogP contribution >= 0.6 is 11.8 Å². The first-order valence-corrected chi connectivity index (χ1v) is 7.18. The van der Waals surface area contributed by atoms with Crippen molar-refractivity contribution in [1.29, 1.82) is 0 Å². The van der Waals surface area contributed by atoms with Gasteiger partial charge in [0.1, 0.15) is 5.56 Å². The number of rotatable bonds is 3. The summed E-state index contributed by atoms with van der Waals surface area (Å²) in [7, 11) is 0. The van der Waals surface area contributed by atoms with E-state index in [1.807, 2.05) is 54.0 Å². The molecule has 0 bridgehead atoms. The molecule has 3 heteroatoms. The second kappa shape index (κ2) is 5.02. The Balaban J connectivity index is 1.83. The Kier molecular flexibility index (Phi) is 3.22. The van der Waals surface area contributed by atoms with Gasteiger partial charge in [0, 0.05) is 11.8 Å². The van der Waals surface area contributed by atoms with Crippen LogP contribution in [0.25, 0.3) is 0 Å². The largest absolute Gasteiger partial charge is 0.421 e. The molecule has 0 radical (unpaired) electrons. The third-order valence-electron chi connectivity index (χ3n) is 3.30. The minimum Gasteiger partial charge on any atom is -0.214 e. The molecule has 19 heavy (non-hydrogen) atoms. The van der Waals surface area contributed by atoms with Crippen LogP contribution in [0.4, 0.5) is 0 Å². The number of thioether (sulfide) groups is 1. The number of hydrogen-bond donors (Lipinski definition) is 0. The van der Waals surface area contributed by atoms with E-state index in [0.29, 0.717) is 5.88 Å². The molecule has 0 N–H and O–H groups in total. The minimum absolute atomic E-state index is 0.108. The van der Waals surface area contributed by atoms with Gasteiger partial charge in [-0.2, -0.15) is 4.58 Å². The van der Waals surface area contributed by atoms with Crippen LogP contribution in [-0.2, 0) is 0 Å². The highest BCUT2D eigenvalue weighted by atomic mass is 32.2. The predicted octanol–water partition coefficient (Wildman–Crippen LogP) is 3.41. The van der Waals surface area contributed by atoms with Crippen molar-refractivity contribution in [2.45, 2.75) is 11.8 Å². The van der Waals surface area contributed by atoms with Crippen molar-refractivity contribution < 1.29 is 9.37 Å². The minimum atomic E-state index is 0.108. The van der Waals surface area contributed by atoms with Gasteiger partial charge in [0.05, 0.1) is 5.56 Å². The van der Waals surface area contributed by atoms with Crippen molar-refractivity contribution in [3.05, 3.63) is 65.7 Å². The number of benzene rings is 2. The molecule has 3 rings (SSSR count). The summed E-state index contributed by atoms with van der Waals surface area (Å²) < 4.78 is 1.85. The maximum Gasteiger partial charge on any atom is 0.421 e. The second-order valence-corrected chi connectivity index (χ2v) is 5.47. The number of hydrogen-bond acceptors (Lipinski definition) is 2. The van der Waals surface area contributed by atoms with Gasteiger partial charge in [-0.05, 0) is 24.3 Å². The molecule has 1 aliphatic rings. The normalized spacial score (nSPS) is 13.8. The Hall–Kier alpha value is -1.87. The lowest BCUT2D eigenvalue weighted by Gasteiger charge is -1.98. The number of carbonyl (C=O) groups excluding carboxylic acids is 1. The number of carbonyl (C=O) groups is 1. The van der Waals surface area contributed by atoms with Crippen LogP contribution < -0.4 is 0 Å². The van der Waals surface area contributed by atoms with Gasteiger partial charge in [-0.1, -0.05) is 42.1 Å². The summed E-state index contributed by atoms with van der Waals surface area (Å²) in [5, 5.41) is 0. The van der Waals surface area contributed by atoms with Crippen LogP contribution in [0, 0.1) is 0 Å². The highest BCUT2D eigenvalue weighted by Crippen LogP contribution is 2.23. The summed E-state index contributed by atoms with van der Waals surface area (Å²) in [6.45, 7) is 2.01. The summed E-state index contributed by atoms with van der Waals surface area (Å²) >= 11 is 1.68. The van der Waals surface area contributed by atoms with Crippen molar-refractivity contribution in [3.8, 4) is 0 Å². The summed E-state index contributed by atoms with van der Waals surface area (Å²) in [4.78, 5) is 13.5. The maximum absolute atomic E-state index is 12.3. The summed E-state index contributed by atoms with van der Waals surface area (Å²) in [6.07, 6.45) is 0. The van der Waals surface area contributed by atoms with E-state index in [4.69, 9.17) is 0 Å². The van der Waals surface area contributed by atoms with Gasteiger partial charge in [0.2, 0.25) is 5.88 Å². The second-order valence-electron chi connectivity index (χ2n) is 4.45. The molecular formula is C16H14NOS+. The van der Waals surface area contributed by atoms with Crippen molar-refractivity contribution in [3.63, 3.8) is 0 Å². The molecule has 1 aliphatic heterocycles. The van der Waals surface area contributed by atoms with E-state index in [9.17, 15) is 4.79 Å². The van der Waals surface area contributed by atoms with Gasteiger partial charge < -0.3 is 0 Å². The summed E-state index contributed by atoms with van der Waals surface area (Å²) in [5.41, 5.74) is 2.92. The van der Waals surface area contributed by atoms with Crippen LogP contribution in [-0.4, -0.2) is 22.1 Å². The van der Waals surface area contributed by atoms with Crippen molar-refractivity contribution in [2.24, 2.45) is 0 Å². The molecule has 1 amide bonds. The molecule has 2 aromatic carbocycles. The summed E-state index contributed by atoms with van der Waals surface area (Å²) in [6, 6.07) is 17.9. The standard InChI is InChI=1S/C16H14NOS/c1-12-14-9-5-6-10-15(14)16(18)17(12)11-19-13-7-3-2-4-8-13/h2-10H,11H2,1H3/q+1. The molecule has 0 atom stereocenters. The van der Waals surface area contributed by atoms with Crippen LogP contribution in [0.3, 0.4) is 0 Å². The van der Waals surface area contributed by atoms with Crippen LogP contribution in [0.1, 0.15) is 22.8 Å². The Labute approximate surface area is 116 Å². The first kappa shape index (κ1) is 12.2. The zero-order valence-electron chi connectivity index (χ0n) is 10.7. The van der Waals surface area contributed by atoms with Crippen molar-refractivity contribution >= 4 is 23.4 Å². The maximum atomic E-state index is 12.3.